The van der Waals surface area contributed by atoms with Crippen LogP contribution in [-0.2, 0) is 0 Å². The second-order valence-corrected chi connectivity index (χ2v) is 5.40. The van der Waals surface area contributed by atoms with Crippen molar-refractivity contribution in [1.82, 2.24) is 0 Å². The van der Waals surface area contributed by atoms with E-state index in [0.717, 1.165) is 4.90 Å². The Kier molecular flexibility index (Phi) is 4.48. The van der Waals surface area contributed by atoms with Crippen LogP contribution in [0.15, 0.2) is 23.1 Å². The monoisotopic (exact) mass is 292 g/mol. The summed E-state index contributed by atoms with van der Waals surface area (Å²) in [7, 11) is 0. The Bertz CT molecular complexity index is 352. The summed E-state index contributed by atoms with van der Waals surface area (Å²) in [5, 5.41) is 0.552. The number of ketones is 1. The van der Waals surface area contributed by atoms with E-state index in [0.29, 0.717) is 10.6 Å². The Morgan fingerprint density at radius 3 is 2.71 bits per heavy atom. The van der Waals surface area contributed by atoms with Gasteiger partial charge in [0.1, 0.15) is 0 Å². The van der Waals surface area contributed by atoms with Crippen LogP contribution in [-0.4, -0.2) is 16.9 Å². The molecule has 0 saturated heterocycles. The zero-order valence-electron chi connectivity index (χ0n) is 7.88. The Morgan fingerprint density at radius 2 is 2.21 bits per heavy atom. The van der Waals surface area contributed by atoms with Gasteiger partial charge in [-0.2, -0.15) is 0 Å². The first-order chi connectivity index (χ1) is 6.57. The van der Waals surface area contributed by atoms with E-state index in [9.17, 15) is 4.79 Å². The molecule has 0 heterocycles. The van der Waals surface area contributed by atoms with Gasteiger partial charge >= 0.3 is 0 Å². The van der Waals surface area contributed by atoms with Gasteiger partial charge in [0.25, 0.3) is 0 Å². The molecular formula is C10H10BrClOS. The van der Waals surface area contributed by atoms with Gasteiger partial charge in [-0.05, 0) is 25.3 Å². The van der Waals surface area contributed by atoms with E-state index in [2.05, 4.69) is 15.9 Å². The summed E-state index contributed by atoms with van der Waals surface area (Å²) in [6.45, 7) is 1.80. The lowest BCUT2D eigenvalue weighted by Gasteiger charge is -2.07. The number of rotatable bonds is 3. The largest absolute Gasteiger partial charge is 0.293 e. The van der Waals surface area contributed by atoms with Crippen LogP contribution >= 0.6 is 39.3 Å². The van der Waals surface area contributed by atoms with E-state index in [-0.39, 0.29) is 10.6 Å². The lowest BCUT2D eigenvalue weighted by Crippen LogP contribution is -2.10. The summed E-state index contributed by atoms with van der Waals surface area (Å²) >= 11 is 10.9. The van der Waals surface area contributed by atoms with E-state index in [1.807, 2.05) is 18.4 Å². The summed E-state index contributed by atoms with van der Waals surface area (Å²) < 4.78 is 0. The second kappa shape index (κ2) is 5.19. The molecule has 0 aliphatic heterocycles. The smallest absolute Gasteiger partial charge is 0.177 e. The zero-order chi connectivity index (χ0) is 10.7. The van der Waals surface area contributed by atoms with Gasteiger partial charge in [-0.15, -0.1) is 11.8 Å². The van der Waals surface area contributed by atoms with Crippen molar-refractivity contribution in [2.45, 2.75) is 16.6 Å². The van der Waals surface area contributed by atoms with E-state index < -0.39 is 0 Å². The highest BCUT2D eigenvalue weighted by Crippen LogP contribution is 2.29. The first-order valence-electron chi connectivity index (χ1n) is 4.08. The summed E-state index contributed by atoms with van der Waals surface area (Å²) in [6, 6.07) is 5.51. The standard InChI is InChI=1S/C10H10BrClOS/c1-6(11)10(13)7-4-3-5-8(14-2)9(7)12/h3-6H,1-2H3. The number of thioether (sulfide) groups is 1. The predicted molar refractivity (Wildman–Crippen MR) is 66.0 cm³/mol. The third-order valence-corrected chi connectivity index (χ3v) is 3.53. The van der Waals surface area contributed by atoms with Crippen molar-refractivity contribution in [2.75, 3.05) is 6.26 Å². The average molecular weight is 294 g/mol. The molecule has 0 aliphatic rings. The first kappa shape index (κ1) is 12.1. The first-order valence-corrected chi connectivity index (χ1v) is 6.60. The molecule has 0 radical (unpaired) electrons. The fourth-order valence-electron chi connectivity index (χ4n) is 1.07. The number of alkyl halides is 1. The molecule has 0 saturated carbocycles. The van der Waals surface area contributed by atoms with E-state index in [1.54, 1.807) is 13.0 Å². The summed E-state index contributed by atoms with van der Waals surface area (Å²) in [6.07, 6.45) is 1.94. The molecule has 1 unspecified atom stereocenters. The number of halogens is 2. The molecule has 0 aliphatic carbocycles. The highest BCUT2D eigenvalue weighted by molar-refractivity contribution is 9.10. The molecule has 76 valence electrons. The summed E-state index contributed by atoms with van der Waals surface area (Å²) in [4.78, 5) is 12.4. The van der Waals surface area contributed by atoms with Crippen molar-refractivity contribution in [1.29, 1.82) is 0 Å². The zero-order valence-corrected chi connectivity index (χ0v) is 11.0. The van der Waals surface area contributed by atoms with Gasteiger partial charge in [0.15, 0.2) is 5.78 Å². The molecule has 1 aromatic carbocycles. The lowest BCUT2D eigenvalue weighted by molar-refractivity contribution is 0.0996. The Morgan fingerprint density at radius 1 is 1.57 bits per heavy atom. The summed E-state index contributed by atoms with van der Waals surface area (Å²) in [5.74, 6) is 0.0194. The molecule has 1 atom stereocenters. The van der Waals surface area contributed by atoms with Gasteiger partial charge in [-0.25, -0.2) is 0 Å². The molecule has 0 fully saturated rings. The Labute approximate surface area is 101 Å². The molecule has 0 bridgehead atoms. The number of hydrogen-bond donors (Lipinski definition) is 0. The van der Waals surface area contributed by atoms with Crippen molar-refractivity contribution in [3.05, 3.63) is 28.8 Å². The maximum Gasteiger partial charge on any atom is 0.177 e. The number of hydrogen-bond acceptors (Lipinski definition) is 2. The van der Waals surface area contributed by atoms with Crippen molar-refractivity contribution < 1.29 is 4.79 Å². The molecule has 0 spiro atoms. The molecule has 0 N–H and O–H groups in total. The van der Waals surface area contributed by atoms with Crippen LogP contribution in [0.1, 0.15) is 17.3 Å². The lowest BCUT2D eigenvalue weighted by atomic mass is 10.1. The van der Waals surface area contributed by atoms with E-state index >= 15 is 0 Å². The highest BCUT2D eigenvalue weighted by Gasteiger charge is 2.16. The molecule has 4 heteroatoms. The van der Waals surface area contributed by atoms with Gasteiger partial charge in [0.2, 0.25) is 0 Å². The van der Waals surface area contributed by atoms with Crippen molar-refractivity contribution in [3.8, 4) is 0 Å². The van der Waals surface area contributed by atoms with E-state index in [4.69, 9.17) is 11.6 Å². The van der Waals surface area contributed by atoms with Gasteiger partial charge in [-0.1, -0.05) is 33.6 Å². The van der Waals surface area contributed by atoms with Crippen LogP contribution in [0.4, 0.5) is 0 Å². The van der Waals surface area contributed by atoms with Crippen LogP contribution < -0.4 is 0 Å². The average Bonchev–Trinajstić information content (AvgIpc) is 2.17. The van der Waals surface area contributed by atoms with Crippen molar-refractivity contribution >= 4 is 45.1 Å². The van der Waals surface area contributed by atoms with Crippen molar-refractivity contribution in [3.63, 3.8) is 0 Å². The maximum atomic E-state index is 11.7. The number of Topliss-reactive ketones (excluding diaryl/α,β-unsaturated/α-hetero) is 1. The third-order valence-electron chi connectivity index (χ3n) is 1.81. The van der Waals surface area contributed by atoms with Gasteiger partial charge in [0.05, 0.1) is 9.85 Å². The molecular weight excluding hydrogens is 284 g/mol. The molecule has 1 nitrogen and oxygen atoms in total. The number of benzene rings is 1. The topological polar surface area (TPSA) is 17.1 Å². The summed E-state index contributed by atoms with van der Waals surface area (Å²) in [5.41, 5.74) is 0.586. The molecule has 0 amide bonds. The highest BCUT2D eigenvalue weighted by atomic mass is 79.9. The van der Waals surface area contributed by atoms with Crippen LogP contribution in [0.2, 0.25) is 5.02 Å². The normalized spacial score (nSPS) is 12.6. The van der Waals surface area contributed by atoms with Crippen LogP contribution in [0.25, 0.3) is 0 Å². The Balaban J connectivity index is 3.16. The maximum absolute atomic E-state index is 11.7. The SMILES string of the molecule is CSc1cccc(C(=O)C(C)Br)c1Cl. The Hall–Kier alpha value is 0.01000. The van der Waals surface area contributed by atoms with Gasteiger partial charge in [0, 0.05) is 10.5 Å². The predicted octanol–water partition coefficient (Wildman–Crippen LogP) is 4.03. The minimum atomic E-state index is -0.197. The minimum Gasteiger partial charge on any atom is -0.293 e. The fourth-order valence-corrected chi connectivity index (χ4v) is 2.27. The molecule has 0 aromatic heterocycles. The van der Waals surface area contributed by atoms with Crippen LogP contribution in [0, 0.1) is 0 Å². The third kappa shape index (κ3) is 2.53. The molecule has 1 rings (SSSR count). The van der Waals surface area contributed by atoms with E-state index in [1.165, 1.54) is 11.8 Å². The van der Waals surface area contributed by atoms with Gasteiger partial charge in [-0.3, -0.25) is 4.79 Å². The number of carbonyl (C=O) groups is 1. The molecule has 14 heavy (non-hydrogen) atoms. The van der Waals surface area contributed by atoms with Crippen molar-refractivity contribution in [2.24, 2.45) is 0 Å². The number of carbonyl (C=O) groups excluding carboxylic acids is 1. The quantitative estimate of drug-likeness (QED) is 0.475. The van der Waals surface area contributed by atoms with Gasteiger partial charge < -0.3 is 0 Å². The minimum absolute atomic E-state index is 0.0194. The van der Waals surface area contributed by atoms with Crippen LogP contribution in [0.3, 0.4) is 0 Å². The second-order valence-electron chi connectivity index (χ2n) is 2.80. The fraction of sp³-hybridized carbons (Fsp3) is 0.300. The molecule has 1 aromatic rings. The van der Waals surface area contributed by atoms with Crippen LogP contribution in [0.5, 0.6) is 0 Å².